The summed E-state index contributed by atoms with van der Waals surface area (Å²) in [5, 5.41) is 0. The van der Waals surface area contributed by atoms with Gasteiger partial charge in [0.05, 0.1) is 5.69 Å². The molecule has 0 N–H and O–H groups in total. The van der Waals surface area contributed by atoms with Crippen LogP contribution in [0.1, 0.15) is 94.6 Å². The smallest absolute Gasteiger partial charge is 0.132 e. The van der Waals surface area contributed by atoms with Crippen LogP contribution in [-0.4, -0.2) is 4.98 Å². The zero-order valence-electron chi connectivity index (χ0n) is 17.5. The number of rotatable bonds is 4. The van der Waals surface area contributed by atoms with E-state index in [2.05, 4.69) is 31.0 Å². The Bertz CT molecular complexity index is 766. The number of pyridine rings is 1. The van der Waals surface area contributed by atoms with E-state index in [1.165, 1.54) is 68.9 Å². The van der Waals surface area contributed by atoms with E-state index in [0.717, 1.165) is 17.5 Å². The standard InChI is InChI=1S/C26H34FN/c1-3-19-6-10-20(11-7-19)22-12-14-24(25(27)16-22)26-15-13-23(17-28-26)21-8-4-18(2)5-9-21/h12-21H,3-11H2,1-2H3. The number of hydrogen-bond donors (Lipinski definition) is 0. The second kappa shape index (κ2) is 8.76. The van der Waals surface area contributed by atoms with Gasteiger partial charge in [-0.05, 0) is 91.5 Å². The molecule has 1 nitrogen and oxygen atoms in total. The molecule has 2 heteroatoms. The minimum Gasteiger partial charge on any atom is -0.256 e. The van der Waals surface area contributed by atoms with Crippen molar-refractivity contribution in [2.75, 3.05) is 0 Å². The van der Waals surface area contributed by atoms with Crippen molar-refractivity contribution in [1.29, 1.82) is 0 Å². The molecule has 1 heterocycles. The lowest BCUT2D eigenvalue weighted by molar-refractivity contribution is 0.318. The lowest BCUT2D eigenvalue weighted by atomic mass is 9.77. The van der Waals surface area contributed by atoms with Gasteiger partial charge in [-0.3, -0.25) is 4.98 Å². The average molecular weight is 380 g/mol. The fourth-order valence-corrected chi connectivity index (χ4v) is 5.30. The van der Waals surface area contributed by atoms with Crippen LogP contribution in [0.4, 0.5) is 4.39 Å². The lowest BCUT2D eigenvalue weighted by Gasteiger charge is -2.28. The van der Waals surface area contributed by atoms with Gasteiger partial charge in [0, 0.05) is 11.8 Å². The maximum atomic E-state index is 14.9. The Hall–Kier alpha value is -1.70. The van der Waals surface area contributed by atoms with E-state index >= 15 is 0 Å². The van der Waals surface area contributed by atoms with Gasteiger partial charge >= 0.3 is 0 Å². The van der Waals surface area contributed by atoms with Crippen molar-refractivity contribution >= 4 is 0 Å². The van der Waals surface area contributed by atoms with Crippen molar-refractivity contribution in [3.05, 3.63) is 53.5 Å². The van der Waals surface area contributed by atoms with Crippen molar-refractivity contribution in [3.63, 3.8) is 0 Å². The van der Waals surface area contributed by atoms with Gasteiger partial charge < -0.3 is 0 Å². The van der Waals surface area contributed by atoms with E-state index in [9.17, 15) is 4.39 Å². The molecule has 150 valence electrons. The van der Waals surface area contributed by atoms with Crippen molar-refractivity contribution in [3.8, 4) is 11.3 Å². The highest BCUT2D eigenvalue weighted by Crippen LogP contribution is 2.38. The summed E-state index contributed by atoms with van der Waals surface area (Å²) in [6, 6.07) is 10.0. The van der Waals surface area contributed by atoms with Crippen LogP contribution in [0, 0.1) is 17.7 Å². The van der Waals surface area contributed by atoms with Gasteiger partial charge in [0.25, 0.3) is 0 Å². The molecule has 28 heavy (non-hydrogen) atoms. The maximum absolute atomic E-state index is 14.9. The summed E-state index contributed by atoms with van der Waals surface area (Å²) in [5.41, 5.74) is 3.88. The van der Waals surface area contributed by atoms with Gasteiger partial charge in [-0.1, -0.05) is 45.2 Å². The molecule has 1 aromatic carbocycles. The predicted octanol–water partition coefficient (Wildman–Crippen LogP) is 7.87. The molecule has 0 spiro atoms. The number of halogens is 1. The molecule has 2 aromatic rings. The Morgan fingerprint density at radius 1 is 0.857 bits per heavy atom. The zero-order valence-corrected chi connectivity index (χ0v) is 17.5. The highest BCUT2D eigenvalue weighted by atomic mass is 19.1. The number of hydrogen-bond acceptors (Lipinski definition) is 1. The molecule has 0 amide bonds. The van der Waals surface area contributed by atoms with Gasteiger partial charge in [-0.25, -0.2) is 4.39 Å². The third-order valence-electron chi connectivity index (χ3n) is 7.44. The normalized spacial score (nSPS) is 28.2. The first-order valence-electron chi connectivity index (χ1n) is 11.4. The molecule has 4 rings (SSSR count). The molecule has 0 bridgehead atoms. The van der Waals surface area contributed by atoms with Gasteiger partial charge in [0.15, 0.2) is 0 Å². The Morgan fingerprint density at radius 2 is 1.50 bits per heavy atom. The Labute approximate surface area is 169 Å². The first-order valence-corrected chi connectivity index (χ1v) is 11.4. The zero-order chi connectivity index (χ0) is 19.5. The van der Waals surface area contributed by atoms with Crippen LogP contribution in [0.3, 0.4) is 0 Å². The topological polar surface area (TPSA) is 12.9 Å². The molecule has 2 saturated carbocycles. The Kier molecular flexibility index (Phi) is 6.13. The predicted molar refractivity (Wildman–Crippen MR) is 115 cm³/mol. The molecule has 2 aliphatic carbocycles. The van der Waals surface area contributed by atoms with Crippen LogP contribution in [0.15, 0.2) is 36.5 Å². The summed E-state index contributed by atoms with van der Waals surface area (Å²) in [6.45, 7) is 4.63. The summed E-state index contributed by atoms with van der Waals surface area (Å²) >= 11 is 0. The monoisotopic (exact) mass is 379 g/mol. The van der Waals surface area contributed by atoms with E-state index in [1.807, 2.05) is 18.3 Å². The summed E-state index contributed by atoms with van der Waals surface area (Å²) in [7, 11) is 0. The number of benzene rings is 1. The van der Waals surface area contributed by atoms with E-state index in [0.29, 0.717) is 17.4 Å². The average Bonchev–Trinajstić information content (AvgIpc) is 2.74. The minimum absolute atomic E-state index is 0.123. The van der Waals surface area contributed by atoms with Gasteiger partial charge in [-0.2, -0.15) is 0 Å². The lowest BCUT2D eigenvalue weighted by Crippen LogP contribution is -2.12. The van der Waals surface area contributed by atoms with E-state index in [4.69, 9.17) is 0 Å². The molecular formula is C26H34FN. The fourth-order valence-electron chi connectivity index (χ4n) is 5.30. The van der Waals surface area contributed by atoms with Crippen LogP contribution >= 0.6 is 0 Å². The quantitative estimate of drug-likeness (QED) is 0.527. The van der Waals surface area contributed by atoms with Crippen LogP contribution in [0.5, 0.6) is 0 Å². The van der Waals surface area contributed by atoms with Gasteiger partial charge in [0.2, 0.25) is 0 Å². The van der Waals surface area contributed by atoms with Crippen LogP contribution < -0.4 is 0 Å². The van der Waals surface area contributed by atoms with Crippen molar-refractivity contribution in [2.45, 2.75) is 83.5 Å². The largest absolute Gasteiger partial charge is 0.256 e. The summed E-state index contributed by atoms with van der Waals surface area (Å²) in [5.74, 6) is 2.75. The molecular weight excluding hydrogens is 345 g/mol. The summed E-state index contributed by atoms with van der Waals surface area (Å²) in [4.78, 5) is 4.63. The molecule has 0 unspecified atom stereocenters. The van der Waals surface area contributed by atoms with Gasteiger partial charge in [0.1, 0.15) is 5.82 Å². The van der Waals surface area contributed by atoms with Crippen LogP contribution in [-0.2, 0) is 0 Å². The van der Waals surface area contributed by atoms with Crippen molar-refractivity contribution < 1.29 is 4.39 Å². The Morgan fingerprint density at radius 3 is 2.11 bits per heavy atom. The third kappa shape index (κ3) is 4.31. The van der Waals surface area contributed by atoms with E-state index in [1.54, 1.807) is 6.07 Å². The number of nitrogens with zero attached hydrogens (tertiary/aromatic N) is 1. The number of aromatic nitrogens is 1. The molecule has 2 fully saturated rings. The van der Waals surface area contributed by atoms with E-state index in [-0.39, 0.29) is 5.82 Å². The van der Waals surface area contributed by atoms with Crippen LogP contribution in [0.2, 0.25) is 0 Å². The first kappa shape index (κ1) is 19.6. The van der Waals surface area contributed by atoms with Gasteiger partial charge in [-0.15, -0.1) is 0 Å². The second-order valence-electron chi connectivity index (χ2n) is 9.30. The Balaban J connectivity index is 1.46. The fraction of sp³-hybridized carbons (Fsp3) is 0.577. The molecule has 2 aliphatic rings. The molecule has 1 aromatic heterocycles. The molecule has 0 atom stereocenters. The second-order valence-corrected chi connectivity index (χ2v) is 9.30. The SMILES string of the molecule is CCC1CCC(c2ccc(-c3ccc(C4CCC(C)CC4)cn3)c(F)c2)CC1. The summed E-state index contributed by atoms with van der Waals surface area (Å²) < 4.78 is 14.9. The first-order chi connectivity index (χ1) is 13.6. The van der Waals surface area contributed by atoms with Crippen molar-refractivity contribution in [2.24, 2.45) is 11.8 Å². The maximum Gasteiger partial charge on any atom is 0.132 e. The highest BCUT2D eigenvalue weighted by molar-refractivity contribution is 5.60. The summed E-state index contributed by atoms with van der Waals surface area (Å²) in [6.07, 6.45) is 13.4. The highest BCUT2D eigenvalue weighted by Gasteiger charge is 2.23. The van der Waals surface area contributed by atoms with Crippen molar-refractivity contribution in [1.82, 2.24) is 4.98 Å². The molecule has 0 saturated heterocycles. The molecule has 0 aliphatic heterocycles. The molecule has 0 radical (unpaired) electrons. The van der Waals surface area contributed by atoms with Crippen LogP contribution in [0.25, 0.3) is 11.3 Å². The minimum atomic E-state index is -0.123. The third-order valence-corrected chi connectivity index (χ3v) is 7.44. The van der Waals surface area contributed by atoms with E-state index < -0.39 is 0 Å².